The van der Waals surface area contributed by atoms with Crippen LogP contribution in [0.15, 0.2) is 12.3 Å². The predicted molar refractivity (Wildman–Crippen MR) is 73.1 cm³/mol. The second-order valence-electron chi connectivity index (χ2n) is 5.80. The third kappa shape index (κ3) is 2.41. The topological polar surface area (TPSA) is 67.2 Å². The van der Waals surface area contributed by atoms with Gasteiger partial charge in [-0.25, -0.2) is 4.39 Å². The van der Waals surface area contributed by atoms with Crippen molar-refractivity contribution in [3.63, 3.8) is 0 Å². The normalized spacial score (nSPS) is 23.1. The molecule has 1 unspecified atom stereocenters. The molecule has 21 heavy (non-hydrogen) atoms. The van der Waals surface area contributed by atoms with E-state index in [1.807, 2.05) is 6.07 Å². The minimum absolute atomic E-state index is 0.116. The summed E-state index contributed by atoms with van der Waals surface area (Å²) < 4.78 is 16.1. The number of amides is 2. The molecule has 1 aromatic rings. The van der Waals surface area contributed by atoms with Crippen LogP contribution < -0.4 is 5.32 Å². The van der Waals surface area contributed by atoms with E-state index in [4.69, 9.17) is 0 Å². The van der Waals surface area contributed by atoms with E-state index in [0.717, 1.165) is 12.1 Å². The van der Waals surface area contributed by atoms with Gasteiger partial charge in [0.15, 0.2) is 5.67 Å². The summed E-state index contributed by atoms with van der Waals surface area (Å²) in [7, 11) is 1.57. The number of alkyl halides is 1. The summed E-state index contributed by atoms with van der Waals surface area (Å²) in [6.45, 7) is 0.682. The molecule has 1 aromatic heterocycles. The Kier molecular flexibility index (Phi) is 3.43. The molecule has 114 valence electrons. The fourth-order valence-corrected chi connectivity index (χ4v) is 2.99. The highest BCUT2D eigenvalue weighted by Gasteiger charge is 2.48. The Morgan fingerprint density at radius 1 is 1.52 bits per heavy atom. The monoisotopic (exact) mass is 294 g/mol. The zero-order valence-corrected chi connectivity index (χ0v) is 12.0. The third-order valence-corrected chi connectivity index (χ3v) is 4.40. The van der Waals surface area contributed by atoms with Gasteiger partial charge in [-0.3, -0.25) is 14.3 Å². The van der Waals surface area contributed by atoms with Crippen molar-refractivity contribution in [2.24, 2.45) is 0 Å². The number of aromatic nitrogens is 2. The highest BCUT2D eigenvalue weighted by Crippen LogP contribution is 2.38. The maximum Gasteiger partial charge on any atom is 0.260 e. The molecule has 1 N–H and O–H groups in total. The van der Waals surface area contributed by atoms with Crippen LogP contribution >= 0.6 is 0 Å². The highest BCUT2D eigenvalue weighted by molar-refractivity contribution is 5.86. The number of hydrogen-bond acceptors (Lipinski definition) is 3. The number of rotatable bonds is 3. The van der Waals surface area contributed by atoms with Crippen LogP contribution in [0, 0.1) is 0 Å². The average molecular weight is 294 g/mol. The molecular weight excluding hydrogens is 275 g/mol. The van der Waals surface area contributed by atoms with Crippen molar-refractivity contribution in [2.75, 3.05) is 13.6 Å². The van der Waals surface area contributed by atoms with Crippen molar-refractivity contribution in [3.8, 4) is 0 Å². The fraction of sp³-hybridized carbons (Fsp3) is 0.643. The Morgan fingerprint density at radius 2 is 2.29 bits per heavy atom. The van der Waals surface area contributed by atoms with Gasteiger partial charge in [-0.1, -0.05) is 0 Å². The maximum atomic E-state index is 14.3. The van der Waals surface area contributed by atoms with Crippen molar-refractivity contribution in [3.05, 3.63) is 18.0 Å². The molecule has 7 heteroatoms. The van der Waals surface area contributed by atoms with Crippen molar-refractivity contribution in [2.45, 2.75) is 43.9 Å². The van der Waals surface area contributed by atoms with Crippen LogP contribution in [0.2, 0.25) is 0 Å². The van der Waals surface area contributed by atoms with E-state index in [2.05, 4.69) is 10.4 Å². The Balaban J connectivity index is 1.80. The molecule has 3 rings (SSSR count). The lowest BCUT2D eigenvalue weighted by Crippen LogP contribution is -2.53. The number of nitrogens with zero attached hydrogens (tertiary/aromatic N) is 3. The van der Waals surface area contributed by atoms with Gasteiger partial charge in [-0.15, -0.1) is 0 Å². The highest BCUT2D eigenvalue weighted by atomic mass is 19.1. The first-order valence-corrected chi connectivity index (χ1v) is 7.25. The van der Waals surface area contributed by atoms with Gasteiger partial charge in [0.2, 0.25) is 5.91 Å². The Hall–Kier alpha value is -1.92. The molecule has 2 amide bonds. The molecule has 6 nitrogen and oxygen atoms in total. The SMILES string of the molecule is CNC(=O)CC1CN(C(=O)C2(F)CCC2)Cc2ccnn21. The molecule has 1 aliphatic carbocycles. The lowest BCUT2D eigenvalue weighted by molar-refractivity contribution is -0.152. The first-order chi connectivity index (χ1) is 10.0. The van der Waals surface area contributed by atoms with E-state index in [1.165, 1.54) is 4.90 Å². The van der Waals surface area contributed by atoms with Gasteiger partial charge in [0.1, 0.15) is 0 Å². The second kappa shape index (κ2) is 5.13. The number of carbonyl (C=O) groups is 2. The van der Waals surface area contributed by atoms with E-state index in [-0.39, 0.29) is 18.4 Å². The van der Waals surface area contributed by atoms with Gasteiger partial charge >= 0.3 is 0 Å². The van der Waals surface area contributed by atoms with Gasteiger partial charge in [-0.2, -0.15) is 5.10 Å². The number of halogens is 1. The first-order valence-electron chi connectivity index (χ1n) is 7.25. The van der Waals surface area contributed by atoms with Crippen molar-refractivity contribution < 1.29 is 14.0 Å². The van der Waals surface area contributed by atoms with Gasteiger partial charge < -0.3 is 10.2 Å². The lowest BCUT2D eigenvalue weighted by atomic mass is 9.80. The Bertz CT molecular complexity index is 567. The summed E-state index contributed by atoms with van der Waals surface area (Å²) in [5.41, 5.74) is -0.855. The Labute approximate surface area is 122 Å². The smallest absolute Gasteiger partial charge is 0.260 e. The van der Waals surface area contributed by atoms with Gasteiger partial charge in [0.05, 0.1) is 24.7 Å². The van der Waals surface area contributed by atoms with Crippen LogP contribution in [0.25, 0.3) is 0 Å². The molecule has 2 aliphatic rings. The molecule has 0 bridgehead atoms. The molecule has 1 saturated carbocycles. The van der Waals surface area contributed by atoms with Crippen LogP contribution in [0.5, 0.6) is 0 Å². The van der Waals surface area contributed by atoms with E-state index >= 15 is 0 Å². The van der Waals surface area contributed by atoms with Crippen LogP contribution in [-0.4, -0.2) is 45.8 Å². The van der Waals surface area contributed by atoms with E-state index < -0.39 is 11.6 Å². The predicted octanol–water partition coefficient (Wildman–Crippen LogP) is 0.795. The molecule has 1 aliphatic heterocycles. The third-order valence-electron chi connectivity index (χ3n) is 4.40. The molecule has 0 aromatic carbocycles. The Morgan fingerprint density at radius 3 is 2.90 bits per heavy atom. The quantitative estimate of drug-likeness (QED) is 0.896. The fourth-order valence-electron chi connectivity index (χ4n) is 2.99. The van der Waals surface area contributed by atoms with E-state index in [0.29, 0.717) is 25.9 Å². The number of fused-ring (bicyclic) bond motifs is 1. The molecule has 0 saturated heterocycles. The zero-order valence-electron chi connectivity index (χ0n) is 12.0. The number of nitrogens with one attached hydrogen (secondary N) is 1. The van der Waals surface area contributed by atoms with Crippen LogP contribution in [0.3, 0.4) is 0 Å². The largest absolute Gasteiger partial charge is 0.359 e. The van der Waals surface area contributed by atoms with Gasteiger partial charge in [0, 0.05) is 19.8 Å². The zero-order chi connectivity index (χ0) is 15.0. The van der Waals surface area contributed by atoms with Crippen LogP contribution in [-0.2, 0) is 16.1 Å². The first kappa shape index (κ1) is 14.0. The van der Waals surface area contributed by atoms with Gasteiger partial charge in [0.25, 0.3) is 5.91 Å². The minimum atomic E-state index is -1.69. The molecular formula is C14H19FN4O2. The molecule has 0 radical (unpaired) electrons. The van der Waals surface area contributed by atoms with Crippen LogP contribution in [0.1, 0.15) is 37.4 Å². The molecule has 1 atom stereocenters. The van der Waals surface area contributed by atoms with Crippen molar-refractivity contribution >= 4 is 11.8 Å². The second-order valence-corrected chi connectivity index (χ2v) is 5.80. The maximum absolute atomic E-state index is 14.3. The molecule has 2 heterocycles. The summed E-state index contributed by atoms with van der Waals surface area (Å²) in [5, 5.41) is 6.79. The van der Waals surface area contributed by atoms with E-state index in [9.17, 15) is 14.0 Å². The lowest BCUT2D eigenvalue weighted by Gasteiger charge is -2.40. The number of carbonyl (C=O) groups excluding carboxylic acids is 2. The van der Waals surface area contributed by atoms with Crippen molar-refractivity contribution in [1.82, 2.24) is 20.0 Å². The summed E-state index contributed by atoms with van der Waals surface area (Å²) >= 11 is 0. The summed E-state index contributed by atoms with van der Waals surface area (Å²) in [4.78, 5) is 25.5. The van der Waals surface area contributed by atoms with Crippen molar-refractivity contribution in [1.29, 1.82) is 0 Å². The van der Waals surface area contributed by atoms with Crippen LogP contribution in [0.4, 0.5) is 4.39 Å². The minimum Gasteiger partial charge on any atom is -0.359 e. The standard InChI is InChI=1S/C14H19FN4O2/c1-16-12(20)7-11-9-18(8-10-3-6-17-19(10)11)13(21)14(15)4-2-5-14/h3,6,11H,2,4-5,7-9H2,1H3,(H,16,20). The summed E-state index contributed by atoms with van der Waals surface area (Å²) in [6, 6.07) is 1.57. The molecule has 0 spiro atoms. The number of hydrogen-bond donors (Lipinski definition) is 1. The van der Waals surface area contributed by atoms with Gasteiger partial charge in [-0.05, 0) is 25.3 Å². The summed E-state index contributed by atoms with van der Waals surface area (Å²) in [6.07, 6.45) is 3.25. The van der Waals surface area contributed by atoms with E-state index in [1.54, 1.807) is 17.9 Å². The molecule has 1 fully saturated rings. The summed E-state index contributed by atoms with van der Waals surface area (Å²) in [5.74, 6) is -0.558. The average Bonchev–Trinajstić information content (AvgIpc) is 2.92.